The number of hydrogen-bond donors (Lipinski definition) is 1. The fourth-order valence-electron chi connectivity index (χ4n) is 4.32. The van der Waals surface area contributed by atoms with Crippen LogP contribution >= 0.6 is 35.3 Å². The predicted octanol–water partition coefficient (Wildman–Crippen LogP) is 10.6. The number of sulfonamides is 1. The first kappa shape index (κ1) is 40.5. The largest absolute Gasteiger partial charge is 0.870 e. The van der Waals surface area contributed by atoms with Gasteiger partial charge in [-0.1, -0.05) is 108 Å². The summed E-state index contributed by atoms with van der Waals surface area (Å²) < 4.78 is 35.2. The Kier molecular flexibility index (Phi) is 13.0. The van der Waals surface area contributed by atoms with Gasteiger partial charge in [-0.3, -0.25) is 9.52 Å². The van der Waals surface area contributed by atoms with Crippen molar-refractivity contribution in [1.29, 1.82) is 0 Å². The van der Waals surface area contributed by atoms with Crippen molar-refractivity contribution in [2.45, 2.75) is 123 Å². The summed E-state index contributed by atoms with van der Waals surface area (Å²) in [4.78, 5) is 16.3. The number of hydrogen-bond acceptors (Lipinski definition) is 7. The monoisotopic (exact) mass is 707 g/mol. The Balaban J connectivity index is 0.00000736. The normalized spacial score (nSPS) is 17.4. The van der Waals surface area contributed by atoms with Gasteiger partial charge in [0, 0.05) is 20.6 Å². The first-order valence-electron chi connectivity index (χ1n) is 15.6. The smallest absolute Gasteiger partial charge is 0.389 e. The molecule has 0 spiro atoms. The van der Waals surface area contributed by atoms with Gasteiger partial charge in [0.2, 0.25) is 10.0 Å². The summed E-state index contributed by atoms with van der Waals surface area (Å²) in [6.07, 6.45) is 9.18. The molecule has 0 saturated heterocycles. The number of thioether (sulfide) groups is 3. The molecular weight excluding hydrogens is 655 g/mol. The van der Waals surface area contributed by atoms with Gasteiger partial charge in [0.15, 0.2) is 5.78 Å². The van der Waals surface area contributed by atoms with Crippen LogP contribution in [0, 0.1) is 10.8 Å². The maximum atomic E-state index is 13.8. The van der Waals surface area contributed by atoms with Crippen molar-refractivity contribution in [3.05, 3.63) is 68.2 Å². The minimum absolute atomic E-state index is 0. The van der Waals surface area contributed by atoms with Crippen LogP contribution in [0.15, 0.2) is 77.2 Å². The second kappa shape index (κ2) is 14.8. The Morgan fingerprint density at radius 1 is 0.826 bits per heavy atom. The third kappa shape index (κ3) is 11.8. The Bertz CT molecular complexity index is 1520. The highest BCUT2D eigenvalue weighted by atomic mass is 32.2. The number of carbonyl (C=O) groups excluding carboxylic acids is 1. The molecule has 2 aliphatic rings. The molecule has 1 aliphatic heterocycles. The molecule has 0 atom stereocenters. The molecule has 10 heteroatoms. The lowest BCUT2D eigenvalue weighted by molar-refractivity contribution is -0.112. The summed E-state index contributed by atoms with van der Waals surface area (Å²) in [6.45, 7) is 27.8. The lowest BCUT2D eigenvalue weighted by Crippen LogP contribution is -2.36. The van der Waals surface area contributed by atoms with Crippen LogP contribution in [-0.4, -0.2) is 34.9 Å². The number of allylic oxidation sites excluding steroid dienone is 8. The van der Waals surface area contributed by atoms with Gasteiger partial charge in [0.1, 0.15) is 0 Å². The number of carbonyl (C=O) groups is 1. The molecule has 0 bridgehead atoms. The lowest BCUT2D eigenvalue weighted by Gasteiger charge is -2.32. The molecule has 0 fully saturated rings. The van der Waals surface area contributed by atoms with Crippen molar-refractivity contribution in [2.75, 3.05) is 5.75 Å². The molecule has 1 aliphatic carbocycles. The van der Waals surface area contributed by atoms with Crippen LogP contribution < -0.4 is 4.72 Å². The van der Waals surface area contributed by atoms with Crippen LogP contribution in [0.2, 0.25) is 0 Å². The molecular formula is C36H53NO5S4. The highest BCUT2D eigenvalue weighted by molar-refractivity contribution is 8.06. The van der Waals surface area contributed by atoms with Crippen LogP contribution in [0.5, 0.6) is 0 Å². The van der Waals surface area contributed by atoms with Crippen LogP contribution in [0.3, 0.4) is 0 Å². The van der Waals surface area contributed by atoms with Gasteiger partial charge in [-0.2, -0.15) is 4.42 Å². The van der Waals surface area contributed by atoms with Gasteiger partial charge in [-0.25, -0.2) is 8.42 Å². The van der Waals surface area contributed by atoms with Gasteiger partial charge in [-0.05, 0) is 86.0 Å². The van der Waals surface area contributed by atoms with Crippen molar-refractivity contribution in [1.82, 2.24) is 4.72 Å². The minimum atomic E-state index is -3.65. The maximum Gasteiger partial charge on any atom is 0.389 e. The molecule has 3 rings (SSSR count). The second-order valence-corrected chi connectivity index (χ2v) is 22.3. The SMILES string of the molecule is CCCCS(=O)(=O)NC1=C(C=C2C=C(C(C)(C)C)SC(C(C)(C)C)=C2)C(=O)/C1=C\c1cc(SC(C)(C)C)[o+]c(SC(C)(C)C)c1.[OH-]. The van der Waals surface area contributed by atoms with E-state index in [2.05, 4.69) is 100.0 Å². The molecule has 1 aromatic rings. The lowest BCUT2D eigenvalue weighted by atomic mass is 9.83. The number of ketones is 1. The summed E-state index contributed by atoms with van der Waals surface area (Å²) in [5.74, 6) is -0.179. The number of rotatable bonds is 9. The van der Waals surface area contributed by atoms with E-state index < -0.39 is 10.0 Å². The molecule has 2 N–H and O–H groups in total. The highest BCUT2D eigenvalue weighted by Gasteiger charge is 2.36. The van der Waals surface area contributed by atoms with E-state index in [9.17, 15) is 13.2 Å². The van der Waals surface area contributed by atoms with Crippen molar-refractivity contribution in [3.8, 4) is 0 Å². The van der Waals surface area contributed by atoms with E-state index in [0.717, 1.165) is 27.7 Å². The number of unbranched alkanes of at least 4 members (excludes halogenated alkanes) is 1. The van der Waals surface area contributed by atoms with E-state index in [-0.39, 0.29) is 37.3 Å². The molecule has 0 unspecified atom stereocenters. The first-order valence-corrected chi connectivity index (χ1v) is 19.7. The molecule has 6 nitrogen and oxygen atoms in total. The quantitative estimate of drug-likeness (QED) is 0.154. The Labute approximate surface area is 290 Å². The molecule has 0 saturated carbocycles. The summed E-state index contributed by atoms with van der Waals surface area (Å²) in [6, 6.07) is 3.86. The average molecular weight is 708 g/mol. The van der Waals surface area contributed by atoms with E-state index in [4.69, 9.17) is 4.42 Å². The van der Waals surface area contributed by atoms with Crippen LogP contribution in [0.1, 0.15) is 108 Å². The summed E-state index contributed by atoms with van der Waals surface area (Å²) in [5, 5.41) is 1.48. The molecule has 2 heterocycles. The first-order chi connectivity index (χ1) is 20.4. The fourth-order valence-corrected chi connectivity index (χ4v) is 8.77. The predicted molar refractivity (Wildman–Crippen MR) is 199 cm³/mol. The average Bonchev–Trinajstić information content (AvgIpc) is 2.85. The van der Waals surface area contributed by atoms with Crippen molar-refractivity contribution in [3.63, 3.8) is 0 Å². The van der Waals surface area contributed by atoms with Crippen LogP contribution in [0.4, 0.5) is 0 Å². The summed E-state index contributed by atoms with van der Waals surface area (Å²) >= 11 is 5.01. The van der Waals surface area contributed by atoms with Gasteiger partial charge < -0.3 is 5.48 Å². The minimum Gasteiger partial charge on any atom is -0.870 e. The molecule has 0 amide bonds. The molecule has 256 valence electrons. The van der Waals surface area contributed by atoms with Crippen molar-refractivity contribution < 1.29 is 23.1 Å². The van der Waals surface area contributed by atoms with Crippen LogP contribution in [-0.2, 0) is 14.8 Å². The van der Waals surface area contributed by atoms with E-state index >= 15 is 0 Å². The molecule has 1 aromatic heterocycles. The van der Waals surface area contributed by atoms with E-state index in [1.54, 1.807) is 41.4 Å². The fraction of sp³-hybridized carbons (Fsp3) is 0.556. The van der Waals surface area contributed by atoms with Crippen molar-refractivity contribution in [2.24, 2.45) is 10.8 Å². The van der Waals surface area contributed by atoms with E-state index in [1.165, 1.54) is 9.81 Å². The van der Waals surface area contributed by atoms with Gasteiger partial charge >= 0.3 is 10.2 Å². The summed E-state index contributed by atoms with van der Waals surface area (Å²) in [7, 11) is -3.65. The molecule has 0 aromatic carbocycles. The standard InChI is InChI=1S/C36H51NO4S4.H2O/c1-14-15-16-45(39,40)37-31-25(17-23-19-27(33(2,3)4)42-28(20-23)34(5,6)7)32(38)26(31)18-24-21-29(43-35(8,9)10)41-30(22-24)44-36(11,12)13;/h17-22H,14-16H2,1-13H3;1H2/b26-18-;. The van der Waals surface area contributed by atoms with Gasteiger partial charge in [-0.15, -0.1) is 0 Å². The highest BCUT2D eigenvalue weighted by Crippen LogP contribution is 2.49. The zero-order chi connectivity index (χ0) is 34.2. The van der Waals surface area contributed by atoms with Gasteiger partial charge in [0.25, 0.3) is 0 Å². The Morgan fingerprint density at radius 3 is 1.72 bits per heavy atom. The zero-order valence-electron chi connectivity index (χ0n) is 29.8. The molecule has 46 heavy (non-hydrogen) atoms. The van der Waals surface area contributed by atoms with Crippen molar-refractivity contribution >= 4 is 57.2 Å². The topological polar surface area (TPSA) is 105 Å². The Morgan fingerprint density at radius 2 is 1.30 bits per heavy atom. The maximum absolute atomic E-state index is 13.8. The van der Waals surface area contributed by atoms with E-state index in [1.807, 2.05) is 25.1 Å². The number of Topliss-reactive ketones (excluding diaryl/α,β-unsaturated/α-hetero) is 1. The van der Waals surface area contributed by atoms with Crippen LogP contribution in [0.25, 0.3) is 6.08 Å². The summed E-state index contributed by atoms with van der Waals surface area (Å²) in [5.41, 5.74) is 2.62. The zero-order valence-corrected chi connectivity index (χ0v) is 33.1. The number of nitrogens with one attached hydrogen (secondary N) is 1. The Hall–Kier alpha value is -1.72. The third-order valence-corrected chi connectivity index (χ3v) is 11.8. The van der Waals surface area contributed by atoms with Gasteiger partial charge in [0.05, 0.1) is 23.6 Å². The van der Waals surface area contributed by atoms with E-state index in [0.29, 0.717) is 23.3 Å². The third-order valence-electron chi connectivity index (χ3n) is 6.55. The second-order valence-electron chi connectivity index (χ2n) is 15.7. The molecule has 0 radical (unpaired) electrons.